The number of anilines is 1. The molecule has 2 aromatic carbocycles. The Bertz CT molecular complexity index is 1180. The fourth-order valence-corrected chi connectivity index (χ4v) is 3.31. The van der Waals surface area contributed by atoms with E-state index in [-0.39, 0.29) is 23.9 Å². The van der Waals surface area contributed by atoms with Gasteiger partial charge in [0.1, 0.15) is 12.4 Å². The quantitative estimate of drug-likeness (QED) is 0.721. The molecule has 2 heterocycles. The Labute approximate surface area is 166 Å². The molecule has 0 aliphatic carbocycles. The highest BCUT2D eigenvalue weighted by atomic mass is 16.2. The third-order valence-electron chi connectivity index (χ3n) is 4.63. The van der Waals surface area contributed by atoms with Crippen LogP contribution in [0.25, 0.3) is 17.1 Å². The molecule has 2 amide bonds. The van der Waals surface area contributed by atoms with Gasteiger partial charge in [0, 0.05) is 39.8 Å². The molecular formula is C22H18N4O3. The van der Waals surface area contributed by atoms with Crippen molar-refractivity contribution >= 4 is 23.2 Å². The lowest BCUT2D eigenvalue weighted by Gasteiger charge is -2.17. The van der Waals surface area contributed by atoms with Crippen LogP contribution in [0.5, 0.6) is 0 Å². The van der Waals surface area contributed by atoms with Crippen molar-refractivity contribution in [1.82, 2.24) is 14.9 Å². The van der Waals surface area contributed by atoms with Crippen molar-refractivity contribution in [2.45, 2.75) is 6.92 Å². The van der Waals surface area contributed by atoms with Gasteiger partial charge < -0.3 is 10.3 Å². The van der Waals surface area contributed by atoms with Gasteiger partial charge >= 0.3 is 0 Å². The monoisotopic (exact) mass is 386 g/mol. The second kappa shape index (κ2) is 7.20. The van der Waals surface area contributed by atoms with Crippen LogP contribution in [0.4, 0.5) is 5.69 Å². The number of nitrogens with zero attached hydrogens (tertiary/aromatic N) is 2. The summed E-state index contributed by atoms with van der Waals surface area (Å²) < 4.78 is 0. The highest BCUT2D eigenvalue weighted by Crippen LogP contribution is 2.30. The van der Waals surface area contributed by atoms with Crippen molar-refractivity contribution in [3.63, 3.8) is 0 Å². The molecule has 29 heavy (non-hydrogen) atoms. The lowest BCUT2D eigenvalue weighted by molar-refractivity contribution is -0.116. The van der Waals surface area contributed by atoms with E-state index in [2.05, 4.69) is 21.9 Å². The average molecular weight is 386 g/mol. The van der Waals surface area contributed by atoms with Crippen molar-refractivity contribution in [2.24, 2.45) is 0 Å². The topological polar surface area (TPSA) is 95.2 Å². The number of hydrogen-bond donors (Lipinski definition) is 2. The SMILES string of the molecule is C=C1c2ccccc2C(=O)N1CC(=O)Nc1cccc(-c2nc(C)cc(=O)[nH]2)c1. The number of carbonyl (C=O) groups is 2. The number of rotatable bonds is 4. The third-order valence-corrected chi connectivity index (χ3v) is 4.63. The van der Waals surface area contributed by atoms with E-state index >= 15 is 0 Å². The molecule has 1 aliphatic heterocycles. The Kier molecular flexibility index (Phi) is 4.56. The van der Waals surface area contributed by atoms with Gasteiger partial charge in [-0.3, -0.25) is 19.3 Å². The van der Waals surface area contributed by atoms with Gasteiger partial charge in [-0.25, -0.2) is 4.98 Å². The van der Waals surface area contributed by atoms with E-state index < -0.39 is 0 Å². The van der Waals surface area contributed by atoms with E-state index in [1.54, 1.807) is 43.3 Å². The van der Waals surface area contributed by atoms with Gasteiger partial charge in [0.25, 0.3) is 11.5 Å². The maximum atomic E-state index is 12.5. The molecule has 7 heteroatoms. The van der Waals surface area contributed by atoms with Crippen molar-refractivity contribution in [3.8, 4) is 11.4 Å². The Balaban J connectivity index is 1.51. The Hall–Kier alpha value is -4.00. The lowest BCUT2D eigenvalue weighted by Crippen LogP contribution is -2.32. The highest BCUT2D eigenvalue weighted by Gasteiger charge is 2.31. The zero-order valence-electron chi connectivity index (χ0n) is 15.7. The smallest absolute Gasteiger partial charge is 0.259 e. The van der Waals surface area contributed by atoms with Gasteiger partial charge in [0.15, 0.2) is 0 Å². The van der Waals surface area contributed by atoms with Crippen molar-refractivity contribution in [1.29, 1.82) is 0 Å². The van der Waals surface area contributed by atoms with Crippen LogP contribution in [-0.4, -0.2) is 33.2 Å². The number of aromatic nitrogens is 2. The predicted octanol–water partition coefficient (Wildman–Crippen LogP) is 2.81. The molecule has 0 saturated heterocycles. The summed E-state index contributed by atoms with van der Waals surface area (Å²) in [7, 11) is 0. The Morgan fingerprint density at radius 3 is 2.59 bits per heavy atom. The summed E-state index contributed by atoms with van der Waals surface area (Å²) in [5, 5.41) is 2.78. The first kappa shape index (κ1) is 18.4. The Morgan fingerprint density at radius 1 is 1.10 bits per heavy atom. The molecule has 0 bridgehead atoms. The van der Waals surface area contributed by atoms with Crippen LogP contribution in [0.15, 0.2) is 66.0 Å². The number of carbonyl (C=O) groups excluding carboxylic acids is 2. The zero-order valence-corrected chi connectivity index (χ0v) is 15.7. The molecule has 0 radical (unpaired) electrons. The van der Waals surface area contributed by atoms with Crippen LogP contribution in [0.3, 0.4) is 0 Å². The van der Waals surface area contributed by atoms with Crippen LogP contribution >= 0.6 is 0 Å². The lowest BCUT2D eigenvalue weighted by atomic mass is 10.1. The largest absolute Gasteiger partial charge is 0.325 e. The van der Waals surface area contributed by atoms with Crippen molar-refractivity contribution in [3.05, 3.63) is 88.4 Å². The summed E-state index contributed by atoms with van der Waals surface area (Å²) in [5.41, 5.74) is 3.35. The first-order chi connectivity index (χ1) is 13.9. The second-order valence-electron chi connectivity index (χ2n) is 6.75. The minimum atomic E-state index is -0.352. The summed E-state index contributed by atoms with van der Waals surface area (Å²) in [6, 6.07) is 15.5. The van der Waals surface area contributed by atoms with E-state index in [9.17, 15) is 14.4 Å². The summed E-state index contributed by atoms with van der Waals surface area (Å²) in [4.78, 5) is 45.1. The summed E-state index contributed by atoms with van der Waals surface area (Å²) in [6.45, 7) is 5.54. The minimum absolute atomic E-state index is 0.143. The van der Waals surface area contributed by atoms with Gasteiger partial charge in [-0.05, 0) is 25.1 Å². The highest BCUT2D eigenvalue weighted by molar-refractivity contribution is 6.11. The van der Waals surface area contributed by atoms with Crippen LogP contribution in [0, 0.1) is 6.92 Å². The Morgan fingerprint density at radius 2 is 1.86 bits per heavy atom. The number of aromatic amines is 1. The first-order valence-corrected chi connectivity index (χ1v) is 9.01. The molecular weight excluding hydrogens is 368 g/mol. The molecule has 0 fully saturated rings. The fraction of sp³-hybridized carbons (Fsp3) is 0.0909. The van der Waals surface area contributed by atoms with E-state index in [4.69, 9.17) is 0 Å². The average Bonchev–Trinajstić information content (AvgIpc) is 2.93. The van der Waals surface area contributed by atoms with Gasteiger partial charge in [-0.2, -0.15) is 0 Å². The van der Waals surface area contributed by atoms with E-state index in [0.29, 0.717) is 34.0 Å². The van der Waals surface area contributed by atoms with Gasteiger partial charge in [0.2, 0.25) is 5.91 Å². The number of hydrogen-bond acceptors (Lipinski definition) is 4. The van der Waals surface area contributed by atoms with E-state index in [0.717, 1.165) is 5.56 Å². The normalized spacial score (nSPS) is 12.8. The molecule has 7 nitrogen and oxygen atoms in total. The molecule has 0 saturated carbocycles. The predicted molar refractivity (Wildman–Crippen MR) is 110 cm³/mol. The zero-order chi connectivity index (χ0) is 20.5. The first-order valence-electron chi connectivity index (χ1n) is 9.01. The number of nitrogens with one attached hydrogen (secondary N) is 2. The van der Waals surface area contributed by atoms with Gasteiger partial charge in [0.05, 0.1) is 0 Å². The van der Waals surface area contributed by atoms with Gasteiger partial charge in [-0.1, -0.05) is 36.9 Å². The maximum absolute atomic E-state index is 12.5. The number of fused-ring (bicyclic) bond motifs is 1. The second-order valence-corrected chi connectivity index (χ2v) is 6.75. The molecule has 0 atom stereocenters. The minimum Gasteiger partial charge on any atom is -0.325 e. The fourth-order valence-electron chi connectivity index (χ4n) is 3.31. The van der Waals surface area contributed by atoms with Crippen molar-refractivity contribution in [2.75, 3.05) is 11.9 Å². The third kappa shape index (κ3) is 3.58. The molecule has 144 valence electrons. The molecule has 0 unspecified atom stereocenters. The molecule has 4 rings (SSSR count). The summed E-state index contributed by atoms with van der Waals surface area (Å²) >= 11 is 0. The van der Waals surface area contributed by atoms with Crippen LogP contribution in [-0.2, 0) is 4.79 Å². The number of aryl methyl sites for hydroxylation is 1. The van der Waals surface area contributed by atoms with Crippen LogP contribution < -0.4 is 10.9 Å². The van der Waals surface area contributed by atoms with E-state index in [1.165, 1.54) is 11.0 Å². The molecule has 1 aromatic heterocycles. The standard InChI is InChI=1S/C22H18N4O3/c1-13-10-19(27)25-21(23-13)15-6-5-7-16(11-15)24-20(28)12-26-14(2)17-8-3-4-9-18(17)22(26)29/h3-11H,2,12H2,1H3,(H,24,28)(H,23,25,27). The number of benzene rings is 2. The number of H-pyrrole nitrogens is 1. The van der Waals surface area contributed by atoms with Crippen LogP contribution in [0.2, 0.25) is 0 Å². The molecule has 0 spiro atoms. The molecule has 1 aliphatic rings. The van der Waals surface area contributed by atoms with Gasteiger partial charge in [-0.15, -0.1) is 0 Å². The van der Waals surface area contributed by atoms with E-state index in [1.807, 2.05) is 12.1 Å². The van der Waals surface area contributed by atoms with Crippen LogP contribution in [0.1, 0.15) is 21.6 Å². The van der Waals surface area contributed by atoms with Crippen molar-refractivity contribution < 1.29 is 9.59 Å². The maximum Gasteiger partial charge on any atom is 0.259 e. The molecule has 2 N–H and O–H groups in total. The molecule has 3 aromatic rings. The summed E-state index contributed by atoms with van der Waals surface area (Å²) in [6.07, 6.45) is 0. The summed E-state index contributed by atoms with van der Waals surface area (Å²) in [5.74, 6) is -0.171. The number of amides is 2.